The Kier molecular flexibility index (Phi) is 3.46. The maximum Gasteiger partial charge on any atom is 0.253 e. The van der Waals surface area contributed by atoms with Crippen molar-refractivity contribution in [1.82, 2.24) is 19.6 Å². The molecule has 1 aliphatic rings. The van der Waals surface area contributed by atoms with Gasteiger partial charge in [-0.1, -0.05) is 0 Å². The smallest absolute Gasteiger partial charge is 0.253 e. The molecule has 0 saturated heterocycles. The lowest BCUT2D eigenvalue weighted by Crippen LogP contribution is -2.15. The molecule has 0 amide bonds. The highest BCUT2D eigenvalue weighted by molar-refractivity contribution is 5.83. The topological polar surface area (TPSA) is 94.9 Å². The van der Waals surface area contributed by atoms with Crippen LogP contribution < -0.4 is 24.3 Å². The third-order valence-corrected chi connectivity index (χ3v) is 4.38. The summed E-state index contributed by atoms with van der Waals surface area (Å²) < 4.78 is 23.7. The summed E-state index contributed by atoms with van der Waals surface area (Å²) in [5.41, 5.74) is 2.46. The molecule has 0 radical (unpaired) electrons. The van der Waals surface area contributed by atoms with Gasteiger partial charge in [0, 0.05) is 23.9 Å². The zero-order valence-electron chi connectivity index (χ0n) is 14.8. The van der Waals surface area contributed by atoms with Gasteiger partial charge >= 0.3 is 0 Å². The van der Waals surface area contributed by atoms with Crippen LogP contribution in [0.1, 0.15) is 0 Å². The SMILES string of the molecule is COc1ccc(Nc2nc3nc4cc5c(cc4n3[nH]2)OCCO5)cc1OC. The highest BCUT2D eigenvalue weighted by Gasteiger charge is 2.17. The van der Waals surface area contributed by atoms with Gasteiger partial charge in [0.2, 0.25) is 5.95 Å². The molecular weight excluding hydrogens is 350 g/mol. The second-order valence-corrected chi connectivity index (χ2v) is 6.00. The van der Waals surface area contributed by atoms with E-state index in [1.165, 1.54) is 0 Å². The van der Waals surface area contributed by atoms with E-state index in [9.17, 15) is 0 Å². The molecule has 0 unspecified atom stereocenters. The van der Waals surface area contributed by atoms with Crippen LogP contribution in [0.2, 0.25) is 0 Å². The Balaban J connectivity index is 1.51. The zero-order valence-corrected chi connectivity index (χ0v) is 14.8. The molecular formula is C18H17N5O4. The number of hydrogen-bond donors (Lipinski definition) is 2. The number of aromatic nitrogens is 4. The van der Waals surface area contributed by atoms with Crippen molar-refractivity contribution in [1.29, 1.82) is 0 Å². The Hall–Kier alpha value is -3.62. The van der Waals surface area contributed by atoms with E-state index in [2.05, 4.69) is 20.4 Å². The summed E-state index contributed by atoms with van der Waals surface area (Å²) >= 11 is 0. The first-order valence-corrected chi connectivity index (χ1v) is 8.42. The molecule has 27 heavy (non-hydrogen) atoms. The molecule has 2 N–H and O–H groups in total. The number of H-pyrrole nitrogens is 1. The molecule has 9 heteroatoms. The van der Waals surface area contributed by atoms with Crippen LogP contribution in [-0.2, 0) is 0 Å². The Bertz CT molecular complexity index is 1150. The quantitative estimate of drug-likeness (QED) is 0.573. The van der Waals surface area contributed by atoms with E-state index in [1.54, 1.807) is 18.7 Å². The fraction of sp³-hybridized carbons (Fsp3) is 0.222. The third kappa shape index (κ3) is 2.55. The number of ether oxygens (including phenoxy) is 4. The van der Waals surface area contributed by atoms with Crippen LogP contribution in [0.25, 0.3) is 16.8 Å². The minimum atomic E-state index is 0.537. The normalized spacial score (nSPS) is 13.1. The van der Waals surface area contributed by atoms with E-state index in [0.29, 0.717) is 47.9 Å². The summed E-state index contributed by atoms with van der Waals surface area (Å²) in [6.45, 7) is 1.08. The minimum Gasteiger partial charge on any atom is -0.493 e. The van der Waals surface area contributed by atoms with Crippen LogP contribution in [0.4, 0.5) is 11.6 Å². The summed E-state index contributed by atoms with van der Waals surface area (Å²) in [4.78, 5) is 9.05. The van der Waals surface area contributed by atoms with Gasteiger partial charge < -0.3 is 24.3 Å². The van der Waals surface area contributed by atoms with Crippen molar-refractivity contribution >= 4 is 28.4 Å². The van der Waals surface area contributed by atoms with Gasteiger partial charge in [-0.3, -0.25) is 5.10 Å². The molecule has 0 spiro atoms. The molecule has 2 aromatic heterocycles. The van der Waals surface area contributed by atoms with E-state index in [4.69, 9.17) is 18.9 Å². The van der Waals surface area contributed by atoms with Crippen LogP contribution >= 0.6 is 0 Å². The molecule has 1 aliphatic heterocycles. The van der Waals surface area contributed by atoms with Crippen molar-refractivity contribution in [3.8, 4) is 23.0 Å². The molecule has 2 aromatic carbocycles. The largest absolute Gasteiger partial charge is 0.493 e. The Labute approximate surface area is 153 Å². The molecule has 0 saturated carbocycles. The summed E-state index contributed by atoms with van der Waals surface area (Å²) in [6.07, 6.45) is 0. The summed E-state index contributed by atoms with van der Waals surface area (Å²) in [5, 5.41) is 6.42. The predicted octanol–water partition coefficient (Wildman–Crippen LogP) is 2.74. The zero-order chi connectivity index (χ0) is 18.4. The number of imidazole rings is 1. The third-order valence-electron chi connectivity index (χ3n) is 4.38. The molecule has 4 aromatic rings. The first-order chi connectivity index (χ1) is 13.2. The number of hydrogen-bond acceptors (Lipinski definition) is 7. The van der Waals surface area contributed by atoms with E-state index in [-0.39, 0.29) is 0 Å². The van der Waals surface area contributed by atoms with Crippen molar-refractivity contribution in [2.24, 2.45) is 0 Å². The fourth-order valence-electron chi connectivity index (χ4n) is 3.12. The second-order valence-electron chi connectivity index (χ2n) is 6.00. The summed E-state index contributed by atoms with van der Waals surface area (Å²) in [6, 6.07) is 9.32. The Morgan fingerprint density at radius 1 is 1.00 bits per heavy atom. The lowest BCUT2D eigenvalue weighted by molar-refractivity contribution is 0.172. The molecule has 5 rings (SSSR count). The standard InChI is InChI=1S/C18H17N5O4/c1-24-13-4-3-10(7-14(13)25-2)19-17-21-18-20-11-8-15-16(27-6-5-26-15)9-12(11)23(18)22-17/h3-4,7-9H,5-6H2,1-2H3,(H2,19,20,21,22). The predicted molar refractivity (Wildman–Crippen MR) is 98.7 cm³/mol. The fourth-order valence-corrected chi connectivity index (χ4v) is 3.12. The molecule has 138 valence electrons. The lowest BCUT2D eigenvalue weighted by Gasteiger charge is -2.17. The summed E-state index contributed by atoms with van der Waals surface area (Å²) in [5.74, 6) is 3.82. The van der Waals surface area contributed by atoms with Gasteiger partial charge in [-0.15, -0.1) is 0 Å². The van der Waals surface area contributed by atoms with Gasteiger partial charge in [-0.25, -0.2) is 9.50 Å². The van der Waals surface area contributed by atoms with Crippen LogP contribution in [0.15, 0.2) is 30.3 Å². The van der Waals surface area contributed by atoms with Gasteiger partial charge in [0.15, 0.2) is 23.0 Å². The molecule has 0 aliphatic carbocycles. The Morgan fingerprint density at radius 2 is 1.78 bits per heavy atom. The Morgan fingerprint density at radius 3 is 2.56 bits per heavy atom. The van der Waals surface area contributed by atoms with Crippen molar-refractivity contribution in [3.05, 3.63) is 30.3 Å². The molecule has 3 heterocycles. The highest BCUT2D eigenvalue weighted by Crippen LogP contribution is 2.35. The van der Waals surface area contributed by atoms with Crippen molar-refractivity contribution in [2.75, 3.05) is 32.8 Å². The van der Waals surface area contributed by atoms with E-state index in [1.807, 2.05) is 30.3 Å². The van der Waals surface area contributed by atoms with Gasteiger partial charge in [-0.2, -0.15) is 4.98 Å². The van der Waals surface area contributed by atoms with Crippen LogP contribution in [0.5, 0.6) is 23.0 Å². The van der Waals surface area contributed by atoms with Crippen LogP contribution in [0, 0.1) is 0 Å². The van der Waals surface area contributed by atoms with Crippen molar-refractivity contribution in [2.45, 2.75) is 0 Å². The number of rotatable bonds is 4. The van der Waals surface area contributed by atoms with Gasteiger partial charge in [0.05, 0.1) is 25.3 Å². The molecule has 9 nitrogen and oxygen atoms in total. The highest BCUT2D eigenvalue weighted by atomic mass is 16.6. The summed E-state index contributed by atoms with van der Waals surface area (Å²) in [7, 11) is 3.20. The number of methoxy groups -OCH3 is 2. The number of aromatic amines is 1. The minimum absolute atomic E-state index is 0.537. The first-order valence-electron chi connectivity index (χ1n) is 8.42. The van der Waals surface area contributed by atoms with Gasteiger partial charge in [-0.05, 0) is 12.1 Å². The van der Waals surface area contributed by atoms with Crippen LogP contribution in [-0.4, -0.2) is 47.0 Å². The van der Waals surface area contributed by atoms with E-state index >= 15 is 0 Å². The van der Waals surface area contributed by atoms with Crippen LogP contribution in [0.3, 0.4) is 0 Å². The average Bonchev–Trinajstić information content (AvgIpc) is 3.23. The van der Waals surface area contributed by atoms with Crippen molar-refractivity contribution < 1.29 is 18.9 Å². The molecule has 0 atom stereocenters. The number of benzene rings is 2. The van der Waals surface area contributed by atoms with E-state index in [0.717, 1.165) is 16.7 Å². The molecule has 0 bridgehead atoms. The van der Waals surface area contributed by atoms with E-state index < -0.39 is 0 Å². The van der Waals surface area contributed by atoms with Gasteiger partial charge in [0.1, 0.15) is 13.2 Å². The number of fused-ring (bicyclic) bond motifs is 4. The lowest BCUT2D eigenvalue weighted by atomic mass is 10.2. The second kappa shape index (κ2) is 5.97. The average molecular weight is 367 g/mol. The van der Waals surface area contributed by atoms with Gasteiger partial charge in [0.25, 0.3) is 5.78 Å². The monoisotopic (exact) mass is 367 g/mol. The number of anilines is 2. The maximum absolute atomic E-state index is 5.66. The number of nitrogens with zero attached hydrogens (tertiary/aromatic N) is 3. The van der Waals surface area contributed by atoms with Crippen molar-refractivity contribution in [3.63, 3.8) is 0 Å². The first kappa shape index (κ1) is 15.6. The molecule has 0 fully saturated rings. The maximum atomic E-state index is 5.66. The number of nitrogens with one attached hydrogen (secondary N) is 2.